The summed E-state index contributed by atoms with van der Waals surface area (Å²) in [5.41, 5.74) is 5.00. The van der Waals surface area contributed by atoms with Crippen molar-refractivity contribution in [3.63, 3.8) is 0 Å². The van der Waals surface area contributed by atoms with Gasteiger partial charge in [0.1, 0.15) is 17.7 Å². The van der Waals surface area contributed by atoms with Gasteiger partial charge in [-0.2, -0.15) is 0 Å². The van der Waals surface area contributed by atoms with Crippen molar-refractivity contribution < 1.29 is 32.6 Å². The van der Waals surface area contributed by atoms with Crippen LogP contribution < -0.4 is 9.80 Å². The van der Waals surface area contributed by atoms with Crippen molar-refractivity contribution in [2.75, 3.05) is 103 Å². The summed E-state index contributed by atoms with van der Waals surface area (Å²) in [5, 5.41) is 0. The normalized spacial score (nSPS) is 23.3. The Labute approximate surface area is 382 Å². The number of halogens is 2. The van der Waals surface area contributed by atoms with Gasteiger partial charge in [-0.15, -0.1) is 0 Å². The number of carbonyl (C=O) groups excluding carboxylic acids is 3. The molecule has 7 aliphatic rings. The number of nitrogens with zero attached hydrogens (tertiary/aromatic N) is 8. The molecule has 65 heavy (non-hydrogen) atoms. The molecule has 8 heterocycles. The number of aromatic nitrogens is 1. The zero-order valence-corrected chi connectivity index (χ0v) is 38.4. The van der Waals surface area contributed by atoms with E-state index >= 15 is 0 Å². The van der Waals surface area contributed by atoms with E-state index in [1.165, 1.54) is 6.07 Å². The first kappa shape index (κ1) is 45.3. The SMILES string of the molecule is CCOC(=O)N1CCC(N2CCC3(CC2)CN(c2ccncc2)c2ccc(F)cc23)CC1.CN(C)C(=O)N1CC2(CCN(C3CCN(C(=O)[C@H]4CCCO4)CC3)CC2)c2cc(F)ccc21. The number of urea groups is 1. The van der Waals surface area contributed by atoms with Gasteiger partial charge in [-0.25, -0.2) is 18.4 Å². The molecule has 0 bridgehead atoms. The molecule has 4 amide bonds. The minimum absolute atomic E-state index is 0.0250. The largest absolute Gasteiger partial charge is 0.450 e. The van der Waals surface area contributed by atoms with Crippen LogP contribution in [0.3, 0.4) is 0 Å². The summed E-state index contributed by atoms with van der Waals surface area (Å²) >= 11 is 0. The Morgan fingerprint density at radius 2 is 1.26 bits per heavy atom. The lowest BCUT2D eigenvalue weighted by atomic mass is 9.74. The van der Waals surface area contributed by atoms with E-state index in [1.807, 2.05) is 52.2 Å². The van der Waals surface area contributed by atoms with E-state index in [4.69, 9.17) is 9.47 Å². The second-order valence-corrected chi connectivity index (χ2v) is 19.5. The molecule has 5 saturated heterocycles. The van der Waals surface area contributed by atoms with Crippen LogP contribution in [0.25, 0.3) is 0 Å². The molecule has 15 heteroatoms. The number of benzene rings is 2. The topological polar surface area (TPSA) is 105 Å². The van der Waals surface area contributed by atoms with Gasteiger partial charge in [0.25, 0.3) is 5.91 Å². The number of hydrogen-bond acceptors (Lipinski definition) is 9. The molecule has 7 aliphatic heterocycles. The molecule has 5 fully saturated rings. The highest BCUT2D eigenvalue weighted by molar-refractivity contribution is 5.95. The molecule has 0 aliphatic carbocycles. The van der Waals surface area contributed by atoms with Crippen molar-refractivity contribution in [2.45, 2.75) is 100 Å². The lowest BCUT2D eigenvalue weighted by Crippen LogP contribution is -2.53. The Kier molecular flexibility index (Phi) is 13.4. The lowest BCUT2D eigenvalue weighted by molar-refractivity contribution is -0.142. The third-order valence-electron chi connectivity index (χ3n) is 15.7. The standard InChI is InChI=1S/C25H35FN4O3.C25H31FN4O2/c1-27(2)24(32)30-17-25(20-16-18(26)5-6-21(20)30)9-13-28(14-10-25)19-7-11-29(12-8-19)23(31)22-4-3-15-33-22;1-2-32-24(31)29-13-7-20(8-14-29)28-15-9-25(10-16-28)18-30(21-5-11-27-12-6-21)23-4-3-19(26)17-22(23)25/h5-6,16,19,22H,3-4,7-15,17H2,1-2H3;3-6,11-12,17,20H,2,7-10,13-16,18H2,1H3/t22-;/m1./s1. The van der Waals surface area contributed by atoms with Crippen molar-refractivity contribution in [1.29, 1.82) is 0 Å². The van der Waals surface area contributed by atoms with Crippen LogP contribution in [0.4, 0.5) is 35.4 Å². The second kappa shape index (κ2) is 19.2. The molecule has 13 nitrogen and oxygen atoms in total. The maximum Gasteiger partial charge on any atom is 0.409 e. The quantitative estimate of drug-likeness (QED) is 0.264. The number of fused-ring (bicyclic) bond motifs is 4. The molecule has 0 radical (unpaired) electrons. The smallest absolute Gasteiger partial charge is 0.409 e. The fourth-order valence-corrected chi connectivity index (χ4v) is 12.0. The minimum Gasteiger partial charge on any atom is -0.450 e. The van der Waals surface area contributed by atoms with Gasteiger partial charge in [-0.3, -0.25) is 14.7 Å². The van der Waals surface area contributed by atoms with Gasteiger partial charge in [0, 0.05) is 112 Å². The average Bonchev–Trinajstić information content (AvgIpc) is 4.06. The molecule has 0 saturated carbocycles. The van der Waals surface area contributed by atoms with Gasteiger partial charge in [0.15, 0.2) is 0 Å². The summed E-state index contributed by atoms with van der Waals surface area (Å²) in [5.74, 6) is -0.231. The molecule has 0 N–H and O–H groups in total. The minimum atomic E-state index is -0.238. The van der Waals surface area contributed by atoms with Crippen molar-refractivity contribution in [2.24, 2.45) is 0 Å². The van der Waals surface area contributed by atoms with Crippen molar-refractivity contribution in [1.82, 2.24) is 29.5 Å². The number of amides is 4. The average molecular weight is 897 g/mol. The summed E-state index contributed by atoms with van der Waals surface area (Å²) in [7, 11) is 3.52. The van der Waals surface area contributed by atoms with Gasteiger partial charge in [-0.1, -0.05) is 0 Å². The van der Waals surface area contributed by atoms with E-state index in [1.54, 1.807) is 43.3 Å². The number of pyridine rings is 1. The third-order valence-corrected chi connectivity index (χ3v) is 15.7. The van der Waals surface area contributed by atoms with Crippen LogP contribution in [0, 0.1) is 11.6 Å². The van der Waals surface area contributed by atoms with Crippen molar-refractivity contribution in [3.05, 3.63) is 83.7 Å². The maximum atomic E-state index is 14.3. The number of anilines is 3. The Balaban J connectivity index is 0.000000164. The monoisotopic (exact) mass is 897 g/mol. The molecular formula is C50H66F2N8O5. The Morgan fingerprint density at radius 1 is 0.723 bits per heavy atom. The Morgan fingerprint density at radius 3 is 1.80 bits per heavy atom. The lowest BCUT2D eigenvalue weighted by Gasteiger charge is -2.45. The number of carbonyl (C=O) groups is 3. The fourth-order valence-electron chi connectivity index (χ4n) is 12.0. The third kappa shape index (κ3) is 9.17. The van der Waals surface area contributed by atoms with Crippen molar-refractivity contribution >= 4 is 35.1 Å². The molecule has 0 unspecified atom stereocenters. The Bertz CT molecular complexity index is 2160. The van der Waals surface area contributed by atoms with Gasteiger partial charge in [0.05, 0.1) is 6.61 Å². The fraction of sp³-hybridized carbons (Fsp3) is 0.600. The molecule has 2 spiro atoms. The molecule has 1 atom stereocenters. The van der Waals surface area contributed by atoms with E-state index in [2.05, 4.69) is 19.7 Å². The predicted octanol–water partition coefficient (Wildman–Crippen LogP) is 7.16. The summed E-state index contributed by atoms with van der Waals surface area (Å²) in [6.07, 6.45) is 12.8. The second-order valence-electron chi connectivity index (χ2n) is 19.5. The maximum absolute atomic E-state index is 14.3. The summed E-state index contributed by atoms with van der Waals surface area (Å²) in [4.78, 5) is 56.3. The highest BCUT2D eigenvalue weighted by Crippen LogP contribution is 2.51. The number of rotatable bonds is 5. The van der Waals surface area contributed by atoms with E-state index in [0.717, 1.165) is 151 Å². The van der Waals surface area contributed by atoms with Crippen LogP contribution >= 0.6 is 0 Å². The highest BCUT2D eigenvalue weighted by Gasteiger charge is 2.49. The van der Waals surface area contributed by atoms with Crippen LogP contribution in [-0.2, 0) is 25.1 Å². The van der Waals surface area contributed by atoms with Crippen LogP contribution in [-0.4, -0.2) is 158 Å². The first-order valence-corrected chi connectivity index (χ1v) is 24.0. The van der Waals surface area contributed by atoms with Gasteiger partial charge in [0.2, 0.25) is 0 Å². The molecular weight excluding hydrogens is 831 g/mol. The van der Waals surface area contributed by atoms with E-state index in [0.29, 0.717) is 31.8 Å². The zero-order chi connectivity index (χ0) is 45.3. The molecule has 10 rings (SSSR count). The highest BCUT2D eigenvalue weighted by atomic mass is 19.1. The van der Waals surface area contributed by atoms with Crippen molar-refractivity contribution in [3.8, 4) is 0 Å². The number of ether oxygens (including phenoxy) is 2. The van der Waals surface area contributed by atoms with E-state index in [9.17, 15) is 23.2 Å². The molecule has 1 aromatic heterocycles. The molecule has 2 aromatic carbocycles. The molecule has 350 valence electrons. The van der Waals surface area contributed by atoms with Gasteiger partial charge in [-0.05, 0) is 157 Å². The summed E-state index contributed by atoms with van der Waals surface area (Å²) in [6.45, 7) is 11.5. The van der Waals surface area contributed by atoms with Gasteiger partial charge >= 0.3 is 12.1 Å². The van der Waals surface area contributed by atoms with Crippen LogP contribution in [0.1, 0.15) is 82.3 Å². The van der Waals surface area contributed by atoms with Gasteiger partial charge < -0.3 is 38.9 Å². The van der Waals surface area contributed by atoms with E-state index in [-0.39, 0.29) is 46.6 Å². The summed E-state index contributed by atoms with van der Waals surface area (Å²) in [6, 6.07) is 15.1. The van der Waals surface area contributed by atoms with Crippen LogP contribution in [0.2, 0.25) is 0 Å². The summed E-state index contributed by atoms with van der Waals surface area (Å²) < 4.78 is 39.2. The number of likely N-dealkylation sites (tertiary alicyclic amines) is 4. The first-order valence-electron chi connectivity index (χ1n) is 24.0. The first-order chi connectivity index (χ1) is 31.5. The Hall–Kier alpha value is -4.86. The van der Waals surface area contributed by atoms with Crippen LogP contribution in [0.5, 0.6) is 0 Å². The zero-order valence-electron chi connectivity index (χ0n) is 38.4. The number of piperidine rings is 4. The number of hydrogen-bond donors (Lipinski definition) is 0. The molecule has 3 aromatic rings. The van der Waals surface area contributed by atoms with E-state index < -0.39 is 0 Å². The predicted molar refractivity (Wildman–Crippen MR) is 246 cm³/mol. The van der Waals surface area contributed by atoms with Crippen LogP contribution in [0.15, 0.2) is 60.9 Å².